The molecule has 0 amide bonds. The zero-order chi connectivity index (χ0) is 31.3. The summed E-state index contributed by atoms with van der Waals surface area (Å²) in [4.78, 5) is 10.7. The van der Waals surface area contributed by atoms with Gasteiger partial charge in [-0.25, -0.2) is 9.97 Å². The van der Waals surface area contributed by atoms with Gasteiger partial charge in [-0.1, -0.05) is 105 Å². The third kappa shape index (κ3) is 3.73. The summed E-state index contributed by atoms with van der Waals surface area (Å²) in [5.41, 5.74) is 11.7. The molecule has 0 N–H and O–H groups in total. The second-order valence-electron chi connectivity index (χ2n) is 13.0. The number of imidazole rings is 1. The first-order chi connectivity index (χ1) is 23.1. The third-order valence-corrected chi connectivity index (χ3v) is 11.1. The van der Waals surface area contributed by atoms with Crippen molar-refractivity contribution in [3.05, 3.63) is 151 Å². The minimum atomic E-state index is -0.140. The quantitative estimate of drug-likeness (QED) is 0.184. The minimum Gasteiger partial charge on any atom is -0.292 e. The largest absolute Gasteiger partial charge is 0.292 e. The molecule has 222 valence electrons. The van der Waals surface area contributed by atoms with Gasteiger partial charge in [0, 0.05) is 22.2 Å². The van der Waals surface area contributed by atoms with E-state index in [2.05, 4.69) is 158 Å². The van der Waals surface area contributed by atoms with Crippen LogP contribution in [0, 0.1) is 0 Å². The van der Waals surface area contributed by atoms with Crippen molar-refractivity contribution in [1.29, 1.82) is 0 Å². The summed E-state index contributed by atoms with van der Waals surface area (Å²) < 4.78 is 3.53. The standard InChI is InChI=1S/C43H29N3S/c1-43(2)33-19-9-8-16-27(33)30-24-31-32(25-34(30)43)39(41-44-35-20-10-12-22-37(35)46(41)26-14-4-3-5-15-26)28-17-6-7-18-29(28)40(31)42-45-36-21-11-13-23-38(36)47-42/h3-25H,1-2H3. The number of hydrogen-bond acceptors (Lipinski definition) is 3. The molecule has 0 aliphatic heterocycles. The van der Waals surface area contributed by atoms with Crippen LogP contribution in [-0.2, 0) is 5.41 Å². The van der Waals surface area contributed by atoms with E-state index < -0.39 is 0 Å². The molecule has 4 heteroatoms. The summed E-state index contributed by atoms with van der Waals surface area (Å²) in [6.45, 7) is 4.72. The monoisotopic (exact) mass is 619 g/mol. The summed E-state index contributed by atoms with van der Waals surface area (Å²) in [5, 5.41) is 5.81. The molecular weight excluding hydrogens is 591 g/mol. The molecule has 0 bridgehead atoms. The van der Waals surface area contributed by atoms with Crippen LogP contribution in [0.4, 0.5) is 0 Å². The van der Waals surface area contributed by atoms with Crippen LogP contribution in [0.3, 0.4) is 0 Å². The van der Waals surface area contributed by atoms with Gasteiger partial charge in [0.15, 0.2) is 0 Å². The van der Waals surface area contributed by atoms with Gasteiger partial charge < -0.3 is 0 Å². The summed E-state index contributed by atoms with van der Waals surface area (Å²) in [6, 6.07) is 50.2. The van der Waals surface area contributed by atoms with Gasteiger partial charge in [0.2, 0.25) is 0 Å². The van der Waals surface area contributed by atoms with Gasteiger partial charge >= 0.3 is 0 Å². The molecule has 9 aromatic rings. The van der Waals surface area contributed by atoms with Gasteiger partial charge in [0.05, 0.1) is 21.3 Å². The van der Waals surface area contributed by atoms with Crippen LogP contribution in [-0.4, -0.2) is 14.5 Å². The van der Waals surface area contributed by atoms with Gasteiger partial charge in [-0.2, -0.15) is 0 Å². The van der Waals surface area contributed by atoms with Crippen molar-refractivity contribution in [2.75, 3.05) is 0 Å². The average molecular weight is 620 g/mol. The molecule has 0 fully saturated rings. The second kappa shape index (κ2) is 9.71. The Morgan fingerprint density at radius 1 is 0.532 bits per heavy atom. The van der Waals surface area contributed by atoms with Crippen LogP contribution in [0.25, 0.3) is 81.6 Å². The van der Waals surface area contributed by atoms with Crippen LogP contribution < -0.4 is 0 Å². The molecule has 0 saturated heterocycles. The topological polar surface area (TPSA) is 30.7 Å². The number of aromatic nitrogens is 3. The smallest absolute Gasteiger partial charge is 0.146 e. The van der Waals surface area contributed by atoms with E-state index in [1.54, 1.807) is 11.3 Å². The highest BCUT2D eigenvalue weighted by Crippen LogP contribution is 2.53. The highest BCUT2D eigenvalue weighted by Gasteiger charge is 2.36. The lowest BCUT2D eigenvalue weighted by molar-refractivity contribution is 0.661. The molecule has 2 heterocycles. The first-order valence-electron chi connectivity index (χ1n) is 16.1. The molecule has 3 nitrogen and oxygen atoms in total. The maximum absolute atomic E-state index is 5.42. The normalized spacial score (nSPS) is 13.5. The van der Waals surface area contributed by atoms with Crippen LogP contribution in [0.5, 0.6) is 0 Å². The van der Waals surface area contributed by atoms with E-state index >= 15 is 0 Å². The molecule has 0 atom stereocenters. The third-order valence-electron chi connectivity index (χ3n) is 10.0. The van der Waals surface area contributed by atoms with E-state index in [4.69, 9.17) is 9.97 Å². The summed E-state index contributed by atoms with van der Waals surface area (Å²) >= 11 is 1.77. The fraction of sp³-hybridized carbons (Fsp3) is 0.0698. The molecule has 2 aromatic heterocycles. The Bertz CT molecular complexity index is 2680. The molecule has 0 radical (unpaired) electrons. The lowest BCUT2D eigenvalue weighted by Gasteiger charge is -2.23. The van der Waals surface area contributed by atoms with Crippen LogP contribution >= 0.6 is 11.3 Å². The number of thiazole rings is 1. The Hall–Kier alpha value is -5.58. The van der Waals surface area contributed by atoms with Gasteiger partial charge in [-0.05, 0) is 92.3 Å². The van der Waals surface area contributed by atoms with E-state index in [0.29, 0.717) is 0 Å². The first-order valence-corrected chi connectivity index (χ1v) is 16.9. The summed E-state index contributed by atoms with van der Waals surface area (Å²) in [5.74, 6) is 0.947. The maximum Gasteiger partial charge on any atom is 0.146 e. The first kappa shape index (κ1) is 26.6. The second-order valence-corrected chi connectivity index (χ2v) is 14.0. The summed E-state index contributed by atoms with van der Waals surface area (Å²) in [7, 11) is 0. The Kier molecular flexibility index (Phi) is 5.50. The molecule has 1 aliphatic rings. The van der Waals surface area contributed by atoms with Crippen molar-refractivity contribution in [2.45, 2.75) is 19.3 Å². The lowest BCUT2D eigenvalue weighted by atomic mass is 9.80. The van der Waals surface area contributed by atoms with Crippen molar-refractivity contribution >= 4 is 54.1 Å². The zero-order valence-electron chi connectivity index (χ0n) is 26.0. The minimum absolute atomic E-state index is 0.140. The molecule has 0 saturated carbocycles. The summed E-state index contributed by atoms with van der Waals surface area (Å²) in [6.07, 6.45) is 0. The van der Waals surface area contributed by atoms with Crippen molar-refractivity contribution in [3.8, 4) is 38.8 Å². The van der Waals surface area contributed by atoms with Crippen molar-refractivity contribution in [1.82, 2.24) is 14.5 Å². The van der Waals surface area contributed by atoms with Gasteiger partial charge in [0.1, 0.15) is 10.8 Å². The number of para-hydroxylation sites is 4. The van der Waals surface area contributed by atoms with Crippen LogP contribution in [0.15, 0.2) is 140 Å². The molecule has 10 rings (SSSR count). The molecule has 0 spiro atoms. The maximum atomic E-state index is 5.42. The van der Waals surface area contributed by atoms with Crippen molar-refractivity contribution in [2.24, 2.45) is 0 Å². The Balaban J connectivity index is 1.42. The number of rotatable bonds is 3. The number of benzene rings is 7. The zero-order valence-corrected chi connectivity index (χ0v) is 26.8. The predicted octanol–water partition coefficient (Wildman–Crippen LogP) is 11.6. The fourth-order valence-electron chi connectivity index (χ4n) is 7.85. The Morgan fingerprint density at radius 2 is 1.19 bits per heavy atom. The van der Waals surface area contributed by atoms with E-state index in [0.717, 1.165) is 38.6 Å². The highest BCUT2D eigenvalue weighted by molar-refractivity contribution is 7.21. The molecule has 47 heavy (non-hydrogen) atoms. The fourth-order valence-corrected chi connectivity index (χ4v) is 8.89. The van der Waals surface area contributed by atoms with E-state index in [-0.39, 0.29) is 5.41 Å². The average Bonchev–Trinajstić information content (AvgIpc) is 3.77. The number of fused-ring (bicyclic) bond motifs is 7. The van der Waals surface area contributed by atoms with Crippen molar-refractivity contribution in [3.63, 3.8) is 0 Å². The number of hydrogen-bond donors (Lipinski definition) is 0. The molecular formula is C43H29N3S. The highest BCUT2D eigenvalue weighted by atomic mass is 32.1. The van der Waals surface area contributed by atoms with E-state index in [9.17, 15) is 0 Å². The van der Waals surface area contributed by atoms with E-state index in [1.165, 1.54) is 54.1 Å². The van der Waals surface area contributed by atoms with Crippen LogP contribution in [0.2, 0.25) is 0 Å². The van der Waals surface area contributed by atoms with Gasteiger partial charge in [-0.15, -0.1) is 11.3 Å². The molecule has 0 unspecified atom stereocenters. The molecule has 1 aliphatic carbocycles. The molecule has 7 aromatic carbocycles. The number of nitrogens with zero attached hydrogens (tertiary/aromatic N) is 3. The predicted molar refractivity (Wildman–Crippen MR) is 198 cm³/mol. The SMILES string of the molecule is CC1(C)c2ccccc2-c2cc3c(-c4nc5ccccc5s4)c4ccccc4c(-c4nc5ccccc5n4-c4ccccc4)c3cc21. The van der Waals surface area contributed by atoms with Gasteiger partial charge in [-0.3, -0.25) is 4.57 Å². The van der Waals surface area contributed by atoms with Crippen molar-refractivity contribution < 1.29 is 0 Å². The Labute approximate surface area is 276 Å². The van der Waals surface area contributed by atoms with E-state index in [1.807, 2.05) is 0 Å². The van der Waals surface area contributed by atoms with Crippen LogP contribution in [0.1, 0.15) is 25.0 Å². The lowest BCUT2D eigenvalue weighted by Crippen LogP contribution is -2.15. The van der Waals surface area contributed by atoms with Gasteiger partial charge in [0.25, 0.3) is 0 Å². The Morgan fingerprint density at radius 3 is 2.02 bits per heavy atom.